The Bertz CT molecular complexity index is 777. The molecule has 2 aromatic carbocycles. The molecule has 20 heavy (non-hydrogen) atoms. The van der Waals surface area contributed by atoms with Crippen molar-refractivity contribution in [3.8, 4) is 0 Å². The van der Waals surface area contributed by atoms with Crippen molar-refractivity contribution in [3.63, 3.8) is 0 Å². The Kier molecular flexibility index (Phi) is 2.61. The fourth-order valence-electron chi connectivity index (χ4n) is 3.29. The van der Waals surface area contributed by atoms with E-state index in [-0.39, 0.29) is 0 Å². The molecule has 2 aliphatic rings. The Morgan fingerprint density at radius 2 is 1.80 bits per heavy atom. The Labute approximate surface area is 118 Å². The topological polar surface area (TPSA) is 20.2 Å². The number of rotatable bonds is 0. The summed E-state index contributed by atoms with van der Waals surface area (Å²) < 4.78 is 0. The quantitative estimate of drug-likeness (QED) is 0.751. The van der Waals surface area contributed by atoms with Gasteiger partial charge in [0.2, 0.25) is 0 Å². The molecule has 0 amide bonds. The first-order valence-corrected chi connectivity index (χ1v) is 7.09. The number of allylic oxidation sites excluding steroid dienone is 4. The fourth-order valence-corrected chi connectivity index (χ4v) is 3.29. The smallest absolute Gasteiger partial charge is 0.105 e. The molecular weight excluding hydrogens is 244 g/mol. The Balaban J connectivity index is 1.98. The van der Waals surface area contributed by atoms with Gasteiger partial charge in [0, 0.05) is 0 Å². The first kappa shape index (κ1) is 11.7. The van der Waals surface area contributed by atoms with Crippen LogP contribution in [0.25, 0.3) is 10.8 Å². The monoisotopic (exact) mass is 260 g/mol. The largest absolute Gasteiger partial charge is 0.384 e. The molecule has 0 heterocycles. The third kappa shape index (κ3) is 1.67. The number of aliphatic hydroxyl groups excluding tert-OH is 1. The Morgan fingerprint density at radius 1 is 0.950 bits per heavy atom. The molecule has 1 N–H and O–H groups in total. The molecule has 0 radical (unpaired) electrons. The number of hydrogen-bond acceptors (Lipinski definition) is 1. The Morgan fingerprint density at radius 3 is 2.75 bits per heavy atom. The van der Waals surface area contributed by atoms with Crippen molar-refractivity contribution in [1.29, 1.82) is 0 Å². The summed E-state index contributed by atoms with van der Waals surface area (Å²) in [5.41, 5.74) is 4.63. The van der Waals surface area contributed by atoms with Gasteiger partial charge >= 0.3 is 0 Å². The van der Waals surface area contributed by atoms with E-state index in [9.17, 15) is 5.11 Å². The van der Waals surface area contributed by atoms with E-state index in [1.54, 1.807) is 0 Å². The number of benzene rings is 2. The van der Waals surface area contributed by atoms with Gasteiger partial charge in [-0.3, -0.25) is 0 Å². The van der Waals surface area contributed by atoms with Gasteiger partial charge in [0.15, 0.2) is 0 Å². The maximum atomic E-state index is 10.8. The molecule has 0 bridgehead atoms. The summed E-state index contributed by atoms with van der Waals surface area (Å²) in [6, 6.07) is 12.6. The normalized spacial score (nSPS) is 20.8. The summed E-state index contributed by atoms with van der Waals surface area (Å²) in [4.78, 5) is 0. The molecule has 1 atom stereocenters. The van der Waals surface area contributed by atoms with Crippen LogP contribution in [0.5, 0.6) is 0 Å². The lowest BCUT2D eigenvalue weighted by Crippen LogP contribution is -2.13. The molecule has 0 fully saturated rings. The zero-order valence-electron chi connectivity index (χ0n) is 11.2. The minimum atomic E-state index is -0.515. The first-order chi connectivity index (χ1) is 9.84. The number of fused-ring (bicyclic) bond motifs is 3. The zero-order valence-corrected chi connectivity index (χ0v) is 11.2. The van der Waals surface area contributed by atoms with E-state index in [0.29, 0.717) is 0 Å². The second-order valence-corrected chi connectivity index (χ2v) is 5.46. The standard InChI is InChI=1S/C19H16O/c20-19-17-9-3-1-2-7-14(17)12-15-11-10-13-6-4-5-8-16(13)18(15)19/h2-11,19-20H,1,12H2. The van der Waals surface area contributed by atoms with Gasteiger partial charge in [-0.05, 0) is 45.9 Å². The van der Waals surface area contributed by atoms with E-state index < -0.39 is 6.10 Å². The molecule has 1 unspecified atom stereocenters. The van der Waals surface area contributed by atoms with E-state index in [1.165, 1.54) is 21.9 Å². The first-order valence-electron chi connectivity index (χ1n) is 7.09. The lowest BCUT2D eigenvalue weighted by Gasteiger charge is -2.26. The van der Waals surface area contributed by atoms with Crippen molar-refractivity contribution in [3.05, 3.63) is 83.0 Å². The highest BCUT2D eigenvalue weighted by atomic mass is 16.3. The van der Waals surface area contributed by atoms with Crippen molar-refractivity contribution in [1.82, 2.24) is 0 Å². The summed E-state index contributed by atoms with van der Waals surface area (Å²) in [7, 11) is 0. The van der Waals surface area contributed by atoms with Gasteiger partial charge < -0.3 is 5.11 Å². The summed E-state index contributed by atoms with van der Waals surface area (Å²) in [5, 5.41) is 13.2. The zero-order chi connectivity index (χ0) is 13.5. The van der Waals surface area contributed by atoms with E-state index in [2.05, 4.69) is 48.6 Å². The molecule has 0 aliphatic heterocycles. The predicted molar refractivity (Wildman–Crippen MR) is 82.5 cm³/mol. The van der Waals surface area contributed by atoms with Crippen LogP contribution in [0, 0.1) is 0 Å². The molecule has 4 rings (SSSR count). The van der Waals surface area contributed by atoms with Crippen molar-refractivity contribution in [2.45, 2.75) is 18.9 Å². The van der Waals surface area contributed by atoms with E-state index in [1.807, 2.05) is 12.1 Å². The van der Waals surface area contributed by atoms with Gasteiger partial charge in [0.1, 0.15) is 6.10 Å². The predicted octanol–water partition coefficient (Wildman–Crippen LogP) is 4.24. The maximum Gasteiger partial charge on any atom is 0.105 e. The summed E-state index contributed by atoms with van der Waals surface area (Å²) in [6.07, 6.45) is 9.88. The molecule has 0 saturated carbocycles. The van der Waals surface area contributed by atoms with Crippen LogP contribution in [0.4, 0.5) is 0 Å². The van der Waals surface area contributed by atoms with Crippen LogP contribution in [0.2, 0.25) is 0 Å². The summed E-state index contributed by atoms with van der Waals surface area (Å²) in [6.45, 7) is 0. The molecule has 0 spiro atoms. The molecule has 2 aliphatic carbocycles. The van der Waals surface area contributed by atoms with Crippen molar-refractivity contribution in [2.24, 2.45) is 0 Å². The third-order valence-corrected chi connectivity index (χ3v) is 4.27. The van der Waals surface area contributed by atoms with E-state index >= 15 is 0 Å². The lowest BCUT2D eigenvalue weighted by molar-refractivity contribution is 0.216. The highest BCUT2D eigenvalue weighted by Crippen LogP contribution is 2.40. The minimum absolute atomic E-state index is 0.515. The van der Waals surface area contributed by atoms with Gasteiger partial charge in [-0.2, -0.15) is 0 Å². The number of aliphatic hydroxyl groups is 1. The van der Waals surface area contributed by atoms with Crippen LogP contribution in [-0.2, 0) is 6.42 Å². The summed E-state index contributed by atoms with van der Waals surface area (Å²) in [5.74, 6) is 0. The van der Waals surface area contributed by atoms with E-state index in [0.717, 1.165) is 24.0 Å². The van der Waals surface area contributed by atoms with Gasteiger partial charge in [-0.25, -0.2) is 0 Å². The van der Waals surface area contributed by atoms with Crippen LogP contribution < -0.4 is 0 Å². The molecular formula is C19H16O. The molecule has 1 nitrogen and oxygen atoms in total. The average Bonchev–Trinajstić information content (AvgIpc) is 2.72. The molecule has 0 aromatic heterocycles. The van der Waals surface area contributed by atoms with Crippen LogP contribution in [0.15, 0.2) is 71.8 Å². The molecule has 2 aromatic rings. The number of hydrogen-bond donors (Lipinski definition) is 1. The van der Waals surface area contributed by atoms with Gasteiger partial charge in [0.25, 0.3) is 0 Å². The SMILES string of the molecule is OC1C2=C(C=CCC=C2)Cc2ccc3ccccc3c21. The Hall–Kier alpha value is -2.12. The van der Waals surface area contributed by atoms with Crippen LogP contribution in [0.1, 0.15) is 23.7 Å². The maximum absolute atomic E-state index is 10.8. The van der Waals surface area contributed by atoms with Gasteiger partial charge in [-0.1, -0.05) is 60.7 Å². The molecule has 0 saturated heterocycles. The highest BCUT2D eigenvalue weighted by molar-refractivity contribution is 5.88. The van der Waals surface area contributed by atoms with Crippen molar-refractivity contribution >= 4 is 10.8 Å². The van der Waals surface area contributed by atoms with Crippen LogP contribution >= 0.6 is 0 Å². The minimum Gasteiger partial charge on any atom is -0.384 e. The third-order valence-electron chi connectivity index (χ3n) is 4.27. The van der Waals surface area contributed by atoms with Crippen LogP contribution in [0.3, 0.4) is 0 Å². The van der Waals surface area contributed by atoms with Crippen LogP contribution in [-0.4, -0.2) is 5.11 Å². The van der Waals surface area contributed by atoms with Gasteiger partial charge in [-0.15, -0.1) is 0 Å². The molecule has 1 heteroatoms. The lowest BCUT2D eigenvalue weighted by atomic mass is 9.81. The average molecular weight is 260 g/mol. The highest BCUT2D eigenvalue weighted by Gasteiger charge is 2.25. The second-order valence-electron chi connectivity index (χ2n) is 5.46. The van der Waals surface area contributed by atoms with Crippen molar-refractivity contribution in [2.75, 3.05) is 0 Å². The second kappa shape index (κ2) is 4.46. The summed E-state index contributed by atoms with van der Waals surface area (Å²) >= 11 is 0. The molecule has 98 valence electrons. The van der Waals surface area contributed by atoms with E-state index in [4.69, 9.17) is 0 Å². The van der Waals surface area contributed by atoms with Crippen molar-refractivity contribution < 1.29 is 5.11 Å². The fraction of sp³-hybridized carbons (Fsp3) is 0.158. The van der Waals surface area contributed by atoms with Gasteiger partial charge in [0.05, 0.1) is 0 Å².